The molecular weight excluding hydrogens is 262 g/mol. The van der Waals surface area contributed by atoms with Gasteiger partial charge < -0.3 is 5.11 Å². The Hall–Kier alpha value is -1.85. The predicted molar refractivity (Wildman–Crippen MR) is 71.3 cm³/mol. The zero-order valence-corrected chi connectivity index (χ0v) is 11.1. The molecule has 1 atom stereocenters. The summed E-state index contributed by atoms with van der Waals surface area (Å²) in [4.78, 5) is 0.357. The molecule has 1 aliphatic rings. The van der Waals surface area contributed by atoms with Crippen LogP contribution in [0.15, 0.2) is 53.4 Å². The topological polar surface area (TPSA) is 57.6 Å². The summed E-state index contributed by atoms with van der Waals surface area (Å²) in [6.45, 7) is 0. The molecule has 4 nitrogen and oxygen atoms in total. The van der Waals surface area contributed by atoms with Crippen molar-refractivity contribution in [2.75, 3.05) is 7.05 Å². The van der Waals surface area contributed by atoms with E-state index in [9.17, 15) is 13.5 Å². The Morgan fingerprint density at radius 3 is 2.37 bits per heavy atom. The molecule has 0 amide bonds. The van der Waals surface area contributed by atoms with Crippen molar-refractivity contribution in [3.05, 3.63) is 59.7 Å². The molecule has 3 rings (SSSR count). The summed E-state index contributed by atoms with van der Waals surface area (Å²) >= 11 is 0. The lowest BCUT2D eigenvalue weighted by molar-refractivity contribution is 0.439. The second kappa shape index (κ2) is 4.08. The van der Waals surface area contributed by atoms with Crippen molar-refractivity contribution in [2.24, 2.45) is 0 Å². The third-order valence-electron chi connectivity index (χ3n) is 3.44. The number of nitrogens with zero attached hydrogens (tertiary/aromatic N) is 1. The second-order valence-corrected chi connectivity index (χ2v) is 6.52. The van der Waals surface area contributed by atoms with Crippen molar-refractivity contribution in [2.45, 2.75) is 10.9 Å². The Kier molecular flexibility index (Phi) is 2.62. The van der Waals surface area contributed by atoms with E-state index in [-0.39, 0.29) is 11.8 Å². The van der Waals surface area contributed by atoms with Gasteiger partial charge >= 0.3 is 0 Å². The summed E-state index contributed by atoms with van der Waals surface area (Å²) in [7, 11) is -1.84. The van der Waals surface area contributed by atoms with Gasteiger partial charge in [0.15, 0.2) is 0 Å². The number of aromatic hydroxyl groups is 1. The monoisotopic (exact) mass is 275 g/mol. The molecule has 1 N–H and O–H groups in total. The molecule has 19 heavy (non-hydrogen) atoms. The van der Waals surface area contributed by atoms with Crippen LogP contribution < -0.4 is 0 Å². The molecule has 2 aromatic rings. The number of rotatable bonds is 1. The van der Waals surface area contributed by atoms with Gasteiger partial charge in [-0.2, -0.15) is 4.31 Å². The SMILES string of the molecule is CN1C(c2ccc(O)cc2)c2ccccc2S1(=O)=O. The minimum Gasteiger partial charge on any atom is -0.508 e. The molecule has 5 heteroatoms. The van der Waals surface area contributed by atoms with Crippen LogP contribution in [-0.2, 0) is 10.0 Å². The number of sulfonamides is 1. The molecule has 0 saturated carbocycles. The lowest BCUT2D eigenvalue weighted by atomic mass is 9.99. The summed E-state index contributed by atoms with van der Waals surface area (Å²) in [5, 5.41) is 9.33. The Balaban J connectivity index is 2.21. The maximum absolute atomic E-state index is 12.3. The zero-order valence-electron chi connectivity index (χ0n) is 10.3. The molecule has 2 aromatic carbocycles. The fourth-order valence-electron chi connectivity index (χ4n) is 2.48. The molecule has 0 saturated heterocycles. The highest BCUT2D eigenvalue weighted by Gasteiger charge is 2.40. The summed E-state index contributed by atoms with van der Waals surface area (Å²) < 4.78 is 26.0. The van der Waals surface area contributed by atoms with E-state index in [4.69, 9.17) is 0 Å². The van der Waals surface area contributed by atoms with E-state index in [1.165, 1.54) is 4.31 Å². The predicted octanol–water partition coefficient (Wildman–Crippen LogP) is 2.12. The summed E-state index contributed by atoms with van der Waals surface area (Å²) in [5.41, 5.74) is 1.62. The van der Waals surface area contributed by atoms with Gasteiger partial charge in [0.2, 0.25) is 10.0 Å². The molecule has 0 bridgehead atoms. The van der Waals surface area contributed by atoms with E-state index >= 15 is 0 Å². The number of hydrogen-bond acceptors (Lipinski definition) is 3. The molecule has 0 spiro atoms. The van der Waals surface area contributed by atoms with Crippen LogP contribution in [0.4, 0.5) is 0 Å². The van der Waals surface area contributed by atoms with Gasteiger partial charge in [-0.1, -0.05) is 30.3 Å². The van der Waals surface area contributed by atoms with Crippen LogP contribution in [-0.4, -0.2) is 24.9 Å². The normalized spacial score (nSPS) is 21.2. The Morgan fingerprint density at radius 1 is 1.05 bits per heavy atom. The Labute approximate surface area is 112 Å². The zero-order chi connectivity index (χ0) is 13.6. The van der Waals surface area contributed by atoms with Crippen LogP contribution in [0.2, 0.25) is 0 Å². The number of benzene rings is 2. The molecule has 0 fully saturated rings. The third kappa shape index (κ3) is 1.74. The lowest BCUT2D eigenvalue weighted by Gasteiger charge is -2.19. The van der Waals surface area contributed by atoms with Crippen LogP contribution in [0, 0.1) is 0 Å². The summed E-state index contributed by atoms with van der Waals surface area (Å²) in [6.07, 6.45) is 0. The second-order valence-electron chi connectivity index (χ2n) is 4.55. The smallest absolute Gasteiger partial charge is 0.244 e. The van der Waals surface area contributed by atoms with E-state index in [0.717, 1.165) is 11.1 Å². The number of fused-ring (bicyclic) bond motifs is 1. The molecule has 1 aliphatic heterocycles. The van der Waals surface area contributed by atoms with Gasteiger partial charge in [0.25, 0.3) is 0 Å². The van der Waals surface area contributed by atoms with Gasteiger partial charge in [0, 0.05) is 7.05 Å². The molecule has 1 unspecified atom stereocenters. The Morgan fingerprint density at radius 2 is 1.68 bits per heavy atom. The van der Waals surface area contributed by atoms with Gasteiger partial charge in [-0.15, -0.1) is 0 Å². The van der Waals surface area contributed by atoms with E-state index in [1.54, 1.807) is 43.4 Å². The largest absolute Gasteiger partial charge is 0.508 e. The molecule has 0 radical (unpaired) electrons. The molecular formula is C14H13NO3S. The van der Waals surface area contributed by atoms with Crippen LogP contribution in [0.25, 0.3) is 0 Å². The van der Waals surface area contributed by atoms with Gasteiger partial charge in [-0.3, -0.25) is 0 Å². The van der Waals surface area contributed by atoms with Crippen molar-refractivity contribution >= 4 is 10.0 Å². The minimum atomic E-state index is -3.42. The van der Waals surface area contributed by atoms with E-state index in [1.807, 2.05) is 12.1 Å². The highest BCUT2D eigenvalue weighted by Crippen LogP contribution is 2.41. The molecule has 0 aliphatic carbocycles. The first kappa shape index (κ1) is 12.2. The number of phenolic OH excluding ortho intramolecular Hbond substituents is 1. The quantitative estimate of drug-likeness (QED) is 0.867. The van der Waals surface area contributed by atoms with Gasteiger partial charge in [0.05, 0.1) is 10.9 Å². The van der Waals surface area contributed by atoms with Crippen molar-refractivity contribution in [3.63, 3.8) is 0 Å². The maximum Gasteiger partial charge on any atom is 0.244 e. The van der Waals surface area contributed by atoms with E-state index < -0.39 is 10.0 Å². The maximum atomic E-state index is 12.3. The summed E-state index contributed by atoms with van der Waals surface area (Å²) in [5.74, 6) is 0.167. The highest BCUT2D eigenvalue weighted by atomic mass is 32.2. The number of phenols is 1. The van der Waals surface area contributed by atoms with E-state index in [0.29, 0.717) is 4.90 Å². The molecule has 1 heterocycles. The first-order chi connectivity index (χ1) is 9.01. The standard InChI is InChI=1S/C14H13NO3S/c1-15-14(10-6-8-11(16)9-7-10)12-4-2-3-5-13(12)19(15,17)18/h2-9,14,16H,1H3. The minimum absolute atomic E-state index is 0.167. The van der Waals surface area contributed by atoms with Crippen LogP contribution in [0.1, 0.15) is 17.2 Å². The van der Waals surface area contributed by atoms with Gasteiger partial charge in [-0.05, 0) is 29.3 Å². The van der Waals surface area contributed by atoms with Crippen molar-refractivity contribution < 1.29 is 13.5 Å². The summed E-state index contributed by atoms with van der Waals surface area (Å²) in [6, 6.07) is 13.3. The van der Waals surface area contributed by atoms with Gasteiger partial charge in [0.1, 0.15) is 5.75 Å². The first-order valence-electron chi connectivity index (χ1n) is 5.88. The van der Waals surface area contributed by atoms with Crippen LogP contribution >= 0.6 is 0 Å². The van der Waals surface area contributed by atoms with Gasteiger partial charge in [-0.25, -0.2) is 8.42 Å². The lowest BCUT2D eigenvalue weighted by Crippen LogP contribution is -2.24. The van der Waals surface area contributed by atoms with Crippen molar-refractivity contribution in [3.8, 4) is 5.75 Å². The van der Waals surface area contributed by atoms with E-state index in [2.05, 4.69) is 0 Å². The fraction of sp³-hybridized carbons (Fsp3) is 0.143. The highest BCUT2D eigenvalue weighted by molar-refractivity contribution is 7.89. The van der Waals surface area contributed by atoms with Crippen molar-refractivity contribution in [1.29, 1.82) is 0 Å². The fourth-order valence-corrected chi connectivity index (χ4v) is 4.03. The number of hydrogen-bond donors (Lipinski definition) is 1. The Bertz CT molecular complexity index is 723. The third-order valence-corrected chi connectivity index (χ3v) is 5.34. The molecule has 0 aromatic heterocycles. The van der Waals surface area contributed by atoms with Crippen LogP contribution in [0.3, 0.4) is 0 Å². The average molecular weight is 275 g/mol. The van der Waals surface area contributed by atoms with Crippen molar-refractivity contribution in [1.82, 2.24) is 4.31 Å². The first-order valence-corrected chi connectivity index (χ1v) is 7.32. The molecule has 98 valence electrons. The average Bonchev–Trinajstić information content (AvgIpc) is 2.60. The van der Waals surface area contributed by atoms with Crippen LogP contribution in [0.5, 0.6) is 5.75 Å².